The summed E-state index contributed by atoms with van der Waals surface area (Å²) in [4.78, 5) is 1.07. The van der Waals surface area contributed by atoms with Gasteiger partial charge in [-0.15, -0.1) is 0 Å². The quantitative estimate of drug-likeness (QED) is 0.565. The second kappa shape index (κ2) is 6.00. The van der Waals surface area contributed by atoms with Crippen LogP contribution in [0.4, 0.5) is 0 Å². The molecule has 2 heteroatoms. The van der Waals surface area contributed by atoms with Gasteiger partial charge in [0, 0.05) is 5.92 Å². The van der Waals surface area contributed by atoms with Crippen molar-refractivity contribution in [1.29, 1.82) is 0 Å². The van der Waals surface area contributed by atoms with Gasteiger partial charge in [0.2, 0.25) is 0 Å². The number of rotatable bonds is 5. The Bertz CT molecular complexity index is 732. The lowest BCUT2D eigenvalue weighted by molar-refractivity contribution is 0.457. The maximum Gasteiger partial charge on any atom is 0.127 e. The molecule has 0 saturated heterocycles. The van der Waals surface area contributed by atoms with Crippen molar-refractivity contribution in [3.05, 3.63) is 60.2 Å². The van der Waals surface area contributed by atoms with E-state index in [1.54, 1.807) is 0 Å². The Morgan fingerprint density at radius 2 is 1.50 bits per heavy atom. The van der Waals surface area contributed by atoms with Gasteiger partial charge in [-0.3, -0.25) is 0 Å². The highest BCUT2D eigenvalue weighted by atomic mass is 32.1. The molecule has 0 aliphatic heterocycles. The molecule has 1 saturated carbocycles. The highest BCUT2D eigenvalue weighted by molar-refractivity contribution is 7.80. The minimum atomic E-state index is 0.296. The van der Waals surface area contributed by atoms with Gasteiger partial charge >= 0.3 is 0 Å². The van der Waals surface area contributed by atoms with Crippen molar-refractivity contribution < 1.29 is 4.74 Å². The summed E-state index contributed by atoms with van der Waals surface area (Å²) >= 11 is 5.65. The van der Waals surface area contributed by atoms with E-state index < -0.39 is 0 Å². The topological polar surface area (TPSA) is 9.23 Å². The van der Waals surface area contributed by atoms with Gasteiger partial charge in [0.05, 0.1) is 0 Å². The summed E-state index contributed by atoms with van der Waals surface area (Å²) < 4.78 is 6.01. The zero-order valence-corrected chi connectivity index (χ0v) is 16.0. The molecule has 0 aromatic heterocycles. The number of para-hydroxylation sites is 1. The Labute approximate surface area is 151 Å². The van der Waals surface area contributed by atoms with Crippen molar-refractivity contribution >= 4 is 17.1 Å². The molecule has 1 unspecified atom stereocenters. The third-order valence-electron chi connectivity index (χ3n) is 6.10. The molecule has 0 bridgehead atoms. The number of hydrogen-bond acceptors (Lipinski definition) is 2. The molecule has 2 aromatic carbocycles. The monoisotopic (exact) mass is 338 g/mol. The van der Waals surface area contributed by atoms with Crippen LogP contribution in [0.15, 0.2) is 54.6 Å². The first-order valence-corrected chi connectivity index (χ1v) is 8.99. The van der Waals surface area contributed by atoms with Crippen LogP contribution in [0.5, 0.6) is 11.5 Å². The van der Waals surface area contributed by atoms with Crippen LogP contribution in [0.1, 0.15) is 46.1 Å². The molecule has 0 N–H and O–H groups in total. The molecule has 0 heterocycles. The van der Waals surface area contributed by atoms with E-state index in [9.17, 15) is 0 Å². The van der Waals surface area contributed by atoms with E-state index in [2.05, 4.69) is 52.8 Å². The Kier molecular flexibility index (Phi) is 4.29. The third-order valence-corrected chi connectivity index (χ3v) is 6.35. The Hall–Kier alpha value is -1.67. The lowest BCUT2D eigenvalue weighted by Gasteiger charge is -2.20. The van der Waals surface area contributed by atoms with E-state index in [1.807, 2.05) is 36.4 Å². The molecule has 1 atom stereocenters. The SMILES string of the molecule is CC(=S)C(c1cccc(Oc2ccccc2)c1)C1C(C)(C)C1(C)C. The summed E-state index contributed by atoms with van der Waals surface area (Å²) in [6, 6.07) is 18.3. The molecular formula is C22H26OS. The van der Waals surface area contributed by atoms with E-state index in [1.165, 1.54) is 5.56 Å². The van der Waals surface area contributed by atoms with E-state index in [4.69, 9.17) is 17.0 Å². The molecule has 0 radical (unpaired) electrons. The van der Waals surface area contributed by atoms with Crippen molar-refractivity contribution in [2.75, 3.05) is 0 Å². The average Bonchev–Trinajstić information content (AvgIpc) is 2.91. The maximum absolute atomic E-state index is 6.01. The molecule has 3 rings (SSSR count). The van der Waals surface area contributed by atoms with Crippen molar-refractivity contribution in [1.82, 2.24) is 0 Å². The second-order valence-corrected chi connectivity index (χ2v) is 8.64. The predicted molar refractivity (Wildman–Crippen MR) is 105 cm³/mol. The minimum absolute atomic E-state index is 0.296. The summed E-state index contributed by atoms with van der Waals surface area (Å²) in [6.45, 7) is 11.5. The summed E-state index contributed by atoms with van der Waals surface area (Å²) in [5.41, 5.74) is 1.86. The highest BCUT2D eigenvalue weighted by Crippen LogP contribution is 2.73. The van der Waals surface area contributed by atoms with Crippen molar-refractivity contribution in [2.45, 2.75) is 40.5 Å². The lowest BCUT2D eigenvalue weighted by atomic mass is 9.87. The van der Waals surface area contributed by atoms with Crippen molar-refractivity contribution in [3.8, 4) is 11.5 Å². The maximum atomic E-state index is 6.01. The molecular weight excluding hydrogens is 312 g/mol. The van der Waals surface area contributed by atoms with Crippen LogP contribution >= 0.6 is 12.2 Å². The highest BCUT2D eigenvalue weighted by Gasteiger charge is 2.67. The van der Waals surface area contributed by atoms with Gasteiger partial charge < -0.3 is 4.74 Å². The van der Waals surface area contributed by atoms with Gasteiger partial charge in [-0.1, -0.05) is 70.2 Å². The first-order valence-electron chi connectivity index (χ1n) is 8.58. The van der Waals surface area contributed by atoms with Gasteiger partial charge in [-0.05, 0) is 58.4 Å². The minimum Gasteiger partial charge on any atom is -0.457 e. The number of benzene rings is 2. The molecule has 1 nitrogen and oxygen atoms in total. The first kappa shape index (κ1) is 17.2. The summed E-state index contributed by atoms with van der Waals surface area (Å²) in [5, 5.41) is 0. The Morgan fingerprint density at radius 3 is 2.04 bits per heavy atom. The molecule has 2 aromatic rings. The van der Waals surface area contributed by atoms with Crippen molar-refractivity contribution in [2.24, 2.45) is 16.7 Å². The van der Waals surface area contributed by atoms with Crippen LogP contribution in [-0.2, 0) is 0 Å². The van der Waals surface area contributed by atoms with Crippen LogP contribution in [-0.4, -0.2) is 4.86 Å². The molecule has 126 valence electrons. The average molecular weight is 339 g/mol. The van der Waals surface area contributed by atoms with Crippen molar-refractivity contribution in [3.63, 3.8) is 0 Å². The van der Waals surface area contributed by atoms with Crippen LogP contribution < -0.4 is 4.74 Å². The zero-order chi connectivity index (χ0) is 17.5. The summed E-state index contributed by atoms with van der Waals surface area (Å²) in [6.07, 6.45) is 0. The number of hydrogen-bond donors (Lipinski definition) is 0. The predicted octanol–water partition coefficient (Wildman–Crippen LogP) is 6.63. The second-order valence-electron chi connectivity index (χ2n) is 8.00. The molecule has 0 spiro atoms. The molecule has 24 heavy (non-hydrogen) atoms. The lowest BCUT2D eigenvalue weighted by Crippen LogP contribution is -2.13. The fourth-order valence-electron chi connectivity index (χ4n) is 4.14. The zero-order valence-electron chi connectivity index (χ0n) is 15.2. The molecule has 1 aliphatic carbocycles. The standard InChI is InChI=1S/C22H26OS/c1-15(24)19(20-21(2,3)22(20,4)5)16-10-9-13-18(14-16)23-17-11-7-6-8-12-17/h6-14,19-20H,1-5H3. The van der Waals surface area contributed by atoms with Gasteiger partial charge in [-0.25, -0.2) is 0 Å². The van der Waals surface area contributed by atoms with Gasteiger partial charge in [0.1, 0.15) is 11.5 Å². The Morgan fingerprint density at radius 1 is 0.917 bits per heavy atom. The van der Waals surface area contributed by atoms with E-state index in [0.717, 1.165) is 16.4 Å². The normalized spacial score (nSPS) is 19.5. The van der Waals surface area contributed by atoms with Crippen LogP contribution in [0.25, 0.3) is 0 Å². The van der Waals surface area contributed by atoms with E-state index in [-0.39, 0.29) is 0 Å². The Balaban J connectivity index is 1.90. The molecule has 0 amide bonds. The fraction of sp³-hybridized carbons (Fsp3) is 0.409. The largest absolute Gasteiger partial charge is 0.457 e. The summed E-state index contributed by atoms with van der Waals surface area (Å²) in [7, 11) is 0. The van der Waals surface area contributed by atoms with Gasteiger partial charge in [0.15, 0.2) is 0 Å². The van der Waals surface area contributed by atoms with Crippen LogP contribution in [0, 0.1) is 16.7 Å². The smallest absolute Gasteiger partial charge is 0.127 e. The van der Waals surface area contributed by atoms with Gasteiger partial charge in [0.25, 0.3) is 0 Å². The van der Waals surface area contributed by atoms with E-state index in [0.29, 0.717) is 22.7 Å². The molecule has 1 fully saturated rings. The first-order chi connectivity index (χ1) is 11.2. The van der Waals surface area contributed by atoms with Crippen LogP contribution in [0.3, 0.4) is 0 Å². The summed E-state index contributed by atoms with van der Waals surface area (Å²) in [5.74, 6) is 2.59. The van der Waals surface area contributed by atoms with E-state index >= 15 is 0 Å². The molecule has 1 aliphatic rings. The van der Waals surface area contributed by atoms with Crippen LogP contribution in [0.2, 0.25) is 0 Å². The third kappa shape index (κ3) is 2.88. The number of thiocarbonyl (C=S) groups is 1. The fourth-order valence-corrected chi connectivity index (χ4v) is 4.41. The number of ether oxygens (including phenoxy) is 1. The van der Waals surface area contributed by atoms with Gasteiger partial charge in [-0.2, -0.15) is 0 Å².